The number of halogens is 2. The summed E-state index contributed by atoms with van der Waals surface area (Å²) in [5.41, 5.74) is -0.635. The van der Waals surface area contributed by atoms with E-state index in [0.29, 0.717) is 18.0 Å². The lowest BCUT2D eigenvalue weighted by Crippen LogP contribution is -2.45. The average molecular weight is 340 g/mol. The van der Waals surface area contributed by atoms with Gasteiger partial charge in [0.1, 0.15) is 11.4 Å². The number of hydrogen-bond acceptors (Lipinski definition) is 4. The van der Waals surface area contributed by atoms with Gasteiger partial charge in [0, 0.05) is 16.7 Å². The molecule has 1 saturated heterocycles. The van der Waals surface area contributed by atoms with Crippen molar-refractivity contribution >= 4 is 29.3 Å². The molecule has 2 fully saturated rings. The summed E-state index contributed by atoms with van der Waals surface area (Å²) < 4.78 is 13.0. The monoisotopic (exact) mass is 339 g/mol. The Labute approximate surface area is 137 Å². The molecule has 2 N–H and O–H groups in total. The van der Waals surface area contributed by atoms with E-state index in [0.717, 1.165) is 17.7 Å². The van der Waals surface area contributed by atoms with Crippen LogP contribution >= 0.6 is 23.4 Å². The maximum absolute atomic E-state index is 13.0. The van der Waals surface area contributed by atoms with Crippen molar-refractivity contribution in [3.05, 3.63) is 29.0 Å². The van der Waals surface area contributed by atoms with Crippen LogP contribution in [0, 0.1) is 17.1 Å². The highest BCUT2D eigenvalue weighted by atomic mass is 35.5. The van der Waals surface area contributed by atoms with Crippen LogP contribution in [0.2, 0.25) is 5.02 Å². The molecule has 1 heterocycles. The second-order valence-electron chi connectivity index (χ2n) is 5.69. The summed E-state index contributed by atoms with van der Waals surface area (Å²) in [6, 6.07) is 6.19. The van der Waals surface area contributed by atoms with E-state index in [1.165, 1.54) is 12.1 Å². The van der Waals surface area contributed by atoms with Crippen molar-refractivity contribution < 1.29 is 9.18 Å². The van der Waals surface area contributed by atoms with Crippen molar-refractivity contribution in [3.8, 4) is 6.07 Å². The van der Waals surface area contributed by atoms with E-state index in [4.69, 9.17) is 16.9 Å². The molecule has 22 heavy (non-hydrogen) atoms. The molecule has 0 bridgehead atoms. The molecule has 1 saturated carbocycles. The number of carbonyl (C=O) groups excluding carboxylic acids is 1. The Balaban J connectivity index is 1.56. The minimum Gasteiger partial charge on any atom is -0.336 e. The zero-order chi connectivity index (χ0) is 15.7. The normalized spacial score (nSPS) is 25.5. The van der Waals surface area contributed by atoms with Crippen molar-refractivity contribution in [2.24, 2.45) is 0 Å². The summed E-state index contributed by atoms with van der Waals surface area (Å²) in [7, 11) is 0. The number of thioether (sulfide) groups is 1. The van der Waals surface area contributed by atoms with E-state index in [-0.39, 0.29) is 23.0 Å². The van der Waals surface area contributed by atoms with Gasteiger partial charge in [-0.3, -0.25) is 4.79 Å². The van der Waals surface area contributed by atoms with E-state index in [9.17, 15) is 9.18 Å². The summed E-state index contributed by atoms with van der Waals surface area (Å²) in [6.45, 7) is 0.677. The molecule has 116 valence electrons. The number of nitriles is 1. The van der Waals surface area contributed by atoms with Gasteiger partial charge in [-0.05, 0) is 37.5 Å². The van der Waals surface area contributed by atoms with Gasteiger partial charge in [-0.2, -0.15) is 5.26 Å². The van der Waals surface area contributed by atoms with Gasteiger partial charge in [0.15, 0.2) is 0 Å². The van der Waals surface area contributed by atoms with Gasteiger partial charge >= 0.3 is 0 Å². The number of amides is 1. The molecule has 2 atom stereocenters. The highest BCUT2D eigenvalue weighted by Crippen LogP contribution is 2.36. The topological polar surface area (TPSA) is 64.9 Å². The van der Waals surface area contributed by atoms with Crippen LogP contribution < -0.4 is 10.6 Å². The first-order valence-corrected chi connectivity index (χ1v) is 8.35. The SMILES string of the molecule is N#CC1(NC(=O)[C@@H]2C[C@@H](Sc3ccc(F)cc3Cl)CN2)CC1. The van der Waals surface area contributed by atoms with Crippen LogP contribution in [0.25, 0.3) is 0 Å². The second-order valence-corrected chi connectivity index (χ2v) is 7.44. The van der Waals surface area contributed by atoms with Crippen molar-refractivity contribution in [2.45, 2.75) is 41.0 Å². The van der Waals surface area contributed by atoms with E-state index in [2.05, 4.69) is 16.7 Å². The fraction of sp³-hybridized carbons (Fsp3) is 0.467. The third-order valence-corrected chi connectivity index (χ3v) is 5.65. The van der Waals surface area contributed by atoms with Crippen LogP contribution in [0.5, 0.6) is 0 Å². The minimum absolute atomic E-state index is 0.118. The maximum Gasteiger partial charge on any atom is 0.238 e. The van der Waals surface area contributed by atoms with Crippen LogP contribution in [0.3, 0.4) is 0 Å². The molecule has 2 aliphatic rings. The third kappa shape index (κ3) is 3.37. The Kier molecular flexibility index (Phi) is 4.31. The standard InChI is InChI=1S/C15H15ClFN3OS/c16-11-5-9(17)1-2-13(11)22-10-6-12(19-7-10)14(21)20-15(8-18)3-4-15/h1-2,5,10,12,19H,3-4,6-7H2,(H,20,21)/t10-,12+/m1/s1. The minimum atomic E-state index is -0.635. The smallest absolute Gasteiger partial charge is 0.238 e. The quantitative estimate of drug-likeness (QED) is 0.884. The highest BCUT2D eigenvalue weighted by molar-refractivity contribution is 8.00. The van der Waals surface area contributed by atoms with Crippen LogP contribution in [0.4, 0.5) is 4.39 Å². The largest absolute Gasteiger partial charge is 0.336 e. The molecule has 0 aromatic heterocycles. The average Bonchev–Trinajstić information content (AvgIpc) is 3.10. The van der Waals surface area contributed by atoms with Gasteiger partial charge in [0.05, 0.1) is 17.1 Å². The number of hydrogen-bond donors (Lipinski definition) is 2. The molecule has 0 unspecified atom stereocenters. The highest BCUT2D eigenvalue weighted by Gasteiger charge is 2.46. The predicted octanol–water partition coefficient (Wildman–Crippen LogP) is 2.47. The number of rotatable bonds is 4. The third-order valence-electron chi connectivity index (χ3n) is 3.92. The summed E-state index contributed by atoms with van der Waals surface area (Å²) in [6.07, 6.45) is 2.11. The van der Waals surface area contributed by atoms with E-state index in [1.807, 2.05) is 0 Å². The summed E-state index contributed by atoms with van der Waals surface area (Å²) in [4.78, 5) is 13.0. The lowest BCUT2D eigenvalue weighted by molar-refractivity contribution is -0.123. The van der Waals surface area contributed by atoms with Crippen molar-refractivity contribution in [3.63, 3.8) is 0 Å². The maximum atomic E-state index is 13.0. The number of benzene rings is 1. The van der Waals surface area contributed by atoms with Crippen molar-refractivity contribution in [1.82, 2.24) is 10.6 Å². The molecular formula is C15H15ClFN3OS. The van der Waals surface area contributed by atoms with Crippen molar-refractivity contribution in [2.75, 3.05) is 6.54 Å². The van der Waals surface area contributed by atoms with Crippen LogP contribution in [0.1, 0.15) is 19.3 Å². The van der Waals surface area contributed by atoms with Crippen LogP contribution in [0.15, 0.2) is 23.1 Å². The Morgan fingerprint density at radius 3 is 2.95 bits per heavy atom. The number of nitrogens with one attached hydrogen (secondary N) is 2. The molecule has 1 aliphatic heterocycles. The zero-order valence-electron chi connectivity index (χ0n) is 11.7. The van der Waals surface area contributed by atoms with Gasteiger partial charge in [-0.25, -0.2) is 4.39 Å². The molecule has 4 nitrogen and oxygen atoms in total. The Hall–Kier alpha value is -1.29. The fourth-order valence-corrected chi connectivity index (χ4v) is 3.90. The van der Waals surface area contributed by atoms with Gasteiger partial charge in [0.25, 0.3) is 0 Å². The summed E-state index contributed by atoms with van der Waals surface area (Å²) >= 11 is 7.57. The molecule has 7 heteroatoms. The van der Waals surface area contributed by atoms with E-state index < -0.39 is 5.54 Å². The lowest BCUT2D eigenvalue weighted by Gasteiger charge is -2.14. The molecule has 1 aromatic rings. The first-order valence-electron chi connectivity index (χ1n) is 7.10. The summed E-state index contributed by atoms with van der Waals surface area (Å²) in [5, 5.41) is 15.6. The van der Waals surface area contributed by atoms with Crippen LogP contribution in [-0.4, -0.2) is 29.3 Å². The van der Waals surface area contributed by atoms with Crippen molar-refractivity contribution in [1.29, 1.82) is 5.26 Å². The van der Waals surface area contributed by atoms with E-state index >= 15 is 0 Å². The van der Waals surface area contributed by atoms with E-state index in [1.54, 1.807) is 17.8 Å². The molecule has 1 amide bonds. The molecule has 1 aliphatic carbocycles. The molecule has 1 aromatic carbocycles. The zero-order valence-corrected chi connectivity index (χ0v) is 13.3. The lowest BCUT2D eigenvalue weighted by atomic mass is 10.2. The fourth-order valence-electron chi connectivity index (χ4n) is 2.46. The first kappa shape index (κ1) is 15.6. The van der Waals surface area contributed by atoms with Crippen LogP contribution in [-0.2, 0) is 4.79 Å². The Morgan fingerprint density at radius 1 is 1.55 bits per heavy atom. The molecule has 3 rings (SSSR count). The molecule has 0 radical (unpaired) electrons. The van der Waals surface area contributed by atoms with Gasteiger partial charge < -0.3 is 10.6 Å². The molecule has 0 spiro atoms. The second kappa shape index (κ2) is 6.07. The van der Waals surface area contributed by atoms with Gasteiger partial charge in [-0.15, -0.1) is 11.8 Å². The van der Waals surface area contributed by atoms with Gasteiger partial charge in [0.2, 0.25) is 5.91 Å². The Morgan fingerprint density at radius 2 is 2.32 bits per heavy atom. The molecular weight excluding hydrogens is 325 g/mol. The first-order chi connectivity index (χ1) is 10.5. The predicted molar refractivity (Wildman–Crippen MR) is 83.2 cm³/mol. The number of nitrogens with zero attached hydrogens (tertiary/aromatic N) is 1. The van der Waals surface area contributed by atoms with Gasteiger partial charge in [-0.1, -0.05) is 11.6 Å². The summed E-state index contributed by atoms with van der Waals surface area (Å²) in [5.74, 6) is -0.477. The Bertz CT molecular complexity index is 644. The number of carbonyl (C=O) groups is 1.